The molecule has 17 nitrogen and oxygen atoms in total. The molecule has 6 atom stereocenters. The summed E-state index contributed by atoms with van der Waals surface area (Å²) < 4.78 is 67.8. The summed E-state index contributed by atoms with van der Waals surface area (Å²) in [4.78, 5) is 72.0. The van der Waals surface area contributed by atoms with Gasteiger partial charge in [0.25, 0.3) is 0 Å². The van der Waals surface area contributed by atoms with Crippen molar-refractivity contribution in [3.8, 4) is 0 Å². The molecular weight excluding hydrogens is 1070 g/mol. The molecule has 0 rings (SSSR count). The van der Waals surface area contributed by atoms with E-state index in [1.807, 2.05) is 0 Å². The number of hydrogen-bond donors (Lipinski definition) is 3. The fourth-order valence-electron chi connectivity index (χ4n) is 8.87. The molecule has 0 aromatic carbocycles. The lowest BCUT2D eigenvalue weighted by Gasteiger charge is -2.21. The number of rotatable bonds is 58. The predicted octanol–water partition coefficient (Wildman–Crippen LogP) is 16.2. The third-order valence-electron chi connectivity index (χ3n) is 14.2. The van der Waals surface area contributed by atoms with Crippen LogP contribution in [0.4, 0.5) is 0 Å². The first kappa shape index (κ1) is 78.1. The number of unbranched alkanes of at least 4 members (excludes halogenated alkanes) is 23. The SMILES string of the molecule is CCC(C)CCCCCCCCC(=O)O[C@H](COC(=O)CCCCCCCCC(C)C)COP(=O)(O)OC[C@H](O)COP(=O)(O)OC[C@@H](COC(=O)CCCCCCCCCCC(C)C)OC(=O)CCCCCCCCCC(C)C. The smallest absolute Gasteiger partial charge is 0.462 e. The highest BCUT2D eigenvalue weighted by Crippen LogP contribution is 2.45. The minimum absolute atomic E-state index is 0.101. The van der Waals surface area contributed by atoms with Gasteiger partial charge in [-0.3, -0.25) is 37.3 Å². The second kappa shape index (κ2) is 51.5. The molecule has 0 aliphatic heterocycles. The van der Waals surface area contributed by atoms with Gasteiger partial charge in [-0.25, -0.2) is 9.13 Å². The summed E-state index contributed by atoms with van der Waals surface area (Å²) in [6.07, 6.45) is 29.7. The number of aliphatic hydroxyl groups is 1. The van der Waals surface area contributed by atoms with Crippen LogP contribution in [-0.4, -0.2) is 96.7 Å². The van der Waals surface area contributed by atoms with Crippen molar-refractivity contribution in [2.24, 2.45) is 23.7 Å². The number of phosphoric acid groups is 2. The zero-order valence-corrected chi connectivity index (χ0v) is 53.5. The Morgan fingerprint density at radius 3 is 0.887 bits per heavy atom. The van der Waals surface area contributed by atoms with E-state index in [2.05, 4.69) is 55.4 Å². The highest BCUT2D eigenvalue weighted by Gasteiger charge is 2.30. The number of carbonyl (C=O) groups excluding carboxylic acids is 4. The maximum Gasteiger partial charge on any atom is 0.472 e. The van der Waals surface area contributed by atoms with Crippen molar-refractivity contribution in [2.75, 3.05) is 39.6 Å². The first-order chi connectivity index (χ1) is 38.1. The Hall–Kier alpha value is -1.94. The van der Waals surface area contributed by atoms with Gasteiger partial charge in [0, 0.05) is 25.7 Å². The molecule has 0 aromatic heterocycles. The second-order valence-corrected chi connectivity index (χ2v) is 26.7. The van der Waals surface area contributed by atoms with Crippen molar-refractivity contribution in [1.29, 1.82) is 0 Å². The Morgan fingerprint density at radius 2 is 0.600 bits per heavy atom. The molecule has 80 heavy (non-hydrogen) atoms. The lowest BCUT2D eigenvalue weighted by molar-refractivity contribution is -0.161. The van der Waals surface area contributed by atoms with Crippen LogP contribution in [0.5, 0.6) is 0 Å². The van der Waals surface area contributed by atoms with Crippen LogP contribution < -0.4 is 0 Å². The van der Waals surface area contributed by atoms with Gasteiger partial charge in [-0.1, -0.05) is 235 Å². The minimum Gasteiger partial charge on any atom is -0.462 e. The number of hydrogen-bond acceptors (Lipinski definition) is 15. The van der Waals surface area contributed by atoms with E-state index in [4.69, 9.17) is 37.0 Å². The number of carbonyl (C=O) groups is 4. The molecule has 19 heteroatoms. The van der Waals surface area contributed by atoms with Gasteiger partial charge in [0.05, 0.1) is 26.4 Å². The highest BCUT2D eigenvalue weighted by molar-refractivity contribution is 7.47. The van der Waals surface area contributed by atoms with E-state index in [1.165, 1.54) is 83.5 Å². The third kappa shape index (κ3) is 54.0. The molecule has 474 valence electrons. The van der Waals surface area contributed by atoms with E-state index in [9.17, 15) is 43.2 Å². The van der Waals surface area contributed by atoms with Crippen LogP contribution in [0.3, 0.4) is 0 Å². The van der Waals surface area contributed by atoms with Gasteiger partial charge in [0.15, 0.2) is 12.2 Å². The van der Waals surface area contributed by atoms with Crippen LogP contribution in [-0.2, 0) is 65.4 Å². The van der Waals surface area contributed by atoms with Gasteiger partial charge >= 0.3 is 39.5 Å². The first-order valence-electron chi connectivity index (χ1n) is 31.7. The van der Waals surface area contributed by atoms with Crippen molar-refractivity contribution < 1.29 is 80.2 Å². The van der Waals surface area contributed by atoms with E-state index in [0.717, 1.165) is 108 Å². The Kier molecular flexibility index (Phi) is 50.2. The first-order valence-corrected chi connectivity index (χ1v) is 34.7. The lowest BCUT2D eigenvalue weighted by atomic mass is 10.00. The predicted molar refractivity (Wildman–Crippen MR) is 317 cm³/mol. The highest BCUT2D eigenvalue weighted by atomic mass is 31.2. The topological polar surface area (TPSA) is 237 Å². The van der Waals surface area contributed by atoms with E-state index in [1.54, 1.807) is 0 Å². The second-order valence-electron chi connectivity index (χ2n) is 23.8. The lowest BCUT2D eigenvalue weighted by Crippen LogP contribution is -2.30. The van der Waals surface area contributed by atoms with Crippen LogP contribution in [0.25, 0.3) is 0 Å². The summed E-state index contributed by atoms with van der Waals surface area (Å²) in [5.41, 5.74) is 0. The molecule has 3 N–H and O–H groups in total. The number of esters is 4. The summed E-state index contributed by atoms with van der Waals surface area (Å²) in [7, 11) is -9.88. The molecule has 0 bridgehead atoms. The van der Waals surface area contributed by atoms with Gasteiger partial charge in [-0.15, -0.1) is 0 Å². The monoisotopic (exact) mass is 1180 g/mol. The number of aliphatic hydroxyl groups excluding tert-OH is 1. The van der Waals surface area contributed by atoms with Crippen molar-refractivity contribution >= 4 is 39.5 Å². The zero-order valence-electron chi connectivity index (χ0n) is 51.7. The molecule has 0 radical (unpaired) electrons. The summed E-state index contributed by atoms with van der Waals surface area (Å²) in [5, 5.41) is 10.5. The fourth-order valence-corrected chi connectivity index (χ4v) is 10.4. The summed E-state index contributed by atoms with van der Waals surface area (Å²) in [5.74, 6) is 0.673. The van der Waals surface area contributed by atoms with Crippen LogP contribution in [0.2, 0.25) is 0 Å². The van der Waals surface area contributed by atoms with Gasteiger partial charge in [0.1, 0.15) is 19.3 Å². The van der Waals surface area contributed by atoms with Gasteiger partial charge in [-0.2, -0.15) is 0 Å². The maximum absolute atomic E-state index is 12.9. The van der Waals surface area contributed by atoms with Crippen molar-refractivity contribution in [2.45, 2.75) is 305 Å². The molecule has 0 amide bonds. The molecule has 3 unspecified atom stereocenters. The maximum atomic E-state index is 12.9. The van der Waals surface area contributed by atoms with E-state index < -0.39 is 97.5 Å². The van der Waals surface area contributed by atoms with Crippen LogP contribution in [0.1, 0.15) is 287 Å². The molecule has 0 saturated carbocycles. The summed E-state index contributed by atoms with van der Waals surface area (Å²) in [6, 6.07) is 0. The molecule has 0 spiro atoms. The molecular formula is C61H118O17P2. The average Bonchev–Trinajstić information content (AvgIpc) is 3.40. The molecule has 0 aliphatic carbocycles. The Bertz CT molecular complexity index is 1610. The van der Waals surface area contributed by atoms with Gasteiger partial charge < -0.3 is 33.8 Å². The number of ether oxygens (including phenoxy) is 4. The van der Waals surface area contributed by atoms with Crippen molar-refractivity contribution in [3.63, 3.8) is 0 Å². The van der Waals surface area contributed by atoms with Crippen LogP contribution in [0, 0.1) is 23.7 Å². The minimum atomic E-state index is -4.94. The molecule has 0 aliphatic rings. The molecule has 0 saturated heterocycles. The van der Waals surface area contributed by atoms with E-state index >= 15 is 0 Å². The molecule has 0 aromatic rings. The number of phosphoric ester groups is 2. The summed E-state index contributed by atoms with van der Waals surface area (Å²) in [6.45, 7) is 13.8. The fraction of sp³-hybridized carbons (Fsp3) is 0.934. The standard InChI is InChI=1S/C61H118O17P2/c1-9-54(8)40-32-24-18-20-28-36-44-61(66)78-57(48-72-59(64)42-34-26-19-17-23-31-39-53(6)7)50-76-80(69,70)74-46-55(62)45-73-79(67,68)75-49-56(77-60(65)43-35-27-16-12-14-22-30-38-52(4)5)47-71-58(63)41-33-25-15-11-10-13-21-29-37-51(2)3/h51-57,62H,9-50H2,1-8H3,(H,67,68)(H,69,70)/t54?,55-,56-,57-/m1/s1. The largest absolute Gasteiger partial charge is 0.472 e. The molecule has 0 heterocycles. The zero-order chi connectivity index (χ0) is 59.7. The molecule has 0 fully saturated rings. The van der Waals surface area contributed by atoms with Crippen molar-refractivity contribution in [3.05, 3.63) is 0 Å². The van der Waals surface area contributed by atoms with Crippen LogP contribution in [0.15, 0.2) is 0 Å². The third-order valence-corrected chi connectivity index (χ3v) is 16.1. The van der Waals surface area contributed by atoms with Gasteiger partial charge in [0.2, 0.25) is 0 Å². The van der Waals surface area contributed by atoms with E-state index in [0.29, 0.717) is 37.5 Å². The van der Waals surface area contributed by atoms with Crippen molar-refractivity contribution in [1.82, 2.24) is 0 Å². The normalized spacial score (nSPS) is 14.9. The average molecular weight is 1190 g/mol. The summed E-state index contributed by atoms with van der Waals surface area (Å²) >= 11 is 0. The Labute approximate surface area is 486 Å². The Balaban J connectivity index is 5.25. The quantitative estimate of drug-likeness (QED) is 0.0222. The van der Waals surface area contributed by atoms with Gasteiger partial charge in [-0.05, 0) is 49.4 Å². The van der Waals surface area contributed by atoms with Crippen LogP contribution >= 0.6 is 15.6 Å². The Morgan fingerprint density at radius 1 is 0.350 bits per heavy atom. The van der Waals surface area contributed by atoms with E-state index in [-0.39, 0.29) is 25.7 Å².